The van der Waals surface area contributed by atoms with Crippen molar-refractivity contribution < 1.29 is 9.32 Å². The van der Waals surface area contributed by atoms with Crippen molar-refractivity contribution in [3.8, 4) is 0 Å². The number of fused-ring (bicyclic) bond motifs is 2. The number of likely N-dealkylation sites (N-methyl/N-ethyl adjacent to an activating group) is 1. The van der Waals surface area contributed by atoms with Gasteiger partial charge < -0.3 is 14.3 Å². The third-order valence-electron chi connectivity index (χ3n) is 4.87. The number of hydrogen-bond acceptors (Lipinski definition) is 4. The molecular weight excluding hydrogens is 266 g/mol. The molecule has 2 aliphatic rings. The van der Waals surface area contributed by atoms with Gasteiger partial charge >= 0.3 is 0 Å². The van der Waals surface area contributed by atoms with Gasteiger partial charge in [-0.1, -0.05) is 25.9 Å². The van der Waals surface area contributed by atoms with E-state index in [9.17, 15) is 4.79 Å². The molecule has 0 aliphatic carbocycles. The molecule has 1 aromatic rings. The van der Waals surface area contributed by atoms with Gasteiger partial charge in [-0.2, -0.15) is 0 Å². The predicted molar refractivity (Wildman–Crippen MR) is 80.3 cm³/mol. The minimum absolute atomic E-state index is 0.0519. The fraction of sp³-hybridized carbons (Fsp3) is 0.750. The molecule has 0 radical (unpaired) electrons. The lowest BCUT2D eigenvalue weighted by molar-refractivity contribution is 0.0660. The highest BCUT2D eigenvalue weighted by molar-refractivity contribution is 5.93. The summed E-state index contributed by atoms with van der Waals surface area (Å²) in [6, 6.07) is 2.52. The maximum absolute atomic E-state index is 12.8. The van der Waals surface area contributed by atoms with Gasteiger partial charge in [0, 0.05) is 37.2 Å². The van der Waals surface area contributed by atoms with E-state index in [-0.39, 0.29) is 11.8 Å². The normalized spacial score (nSPS) is 26.4. The van der Waals surface area contributed by atoms with Crippen LogP contribution in [0.1, 0.15) is 62.2 Å². The Morgan fingerprint density at radius 1 is 1.38 bits per heavy atom. The van der Waals surface area contributed by atoms with Crippen molar-refractivity contribution in [1.29, 1.82) is 0 Å². The predicted octanol–water partition coefficient (Wildman–Crippen LogP) is 2.50. The Labute approximate surface area is 126 Å². The molecule has 0 unspecified atom stereocenters. The van der Waals surface area contributed by atoms with E-state index in [0.29, 0.717) is 17.8 Å². The first kappa shape index (κ1) is 14.6. The first-order valence-electron chi connectivity index (χ1n) is 8.11. The van der Waals surface area contributed by atoms with Crippen LogP contribution >= 0.6 is 0 Å². The third-order valence-corrected chi connectivity index (χ3v) is 4.87. The van der Waals surface area contributed by atoms with Crippen LogP contribution in [0.3, 0.4) is 0 Å². The zero-order chi connectivity index (χ0) is 15.0. The lowest BCUT2D eigenvalue weighted by Gasteiger charge is -2.27. The van der Waals surface area contributed by atoms with Gasteiger partial charge in [0.05, 0.1) is 0 Å². The number of amides is 1. The maximum atomic E-state index is 12.8. The molecule has 0 N–H and O–H groups in total. The molecule has 2 aliphatic heterocycles. The van der Waals surface area contributed by atoms with Crippen LogP contribution in [0.25, 0.3) is 0 Å². The molecule has 2 saturated heterocycles. The van der Waals surface area contributed by atoms with E-state index in [1.807, 2.05) is 19.9 Å². The number of hydrogen-bond donors (Lipinski definition) is 0. The van der Waals surface area contributed by atoms with Crippen LogP contribution < -0.4 is 0 Å². The van der Waals surface area contributed by atoms with Crippen LogP contribution in [0.15, 0.2) is 10.6 Å². The summed E-state index contributed by atoms with van der Waals surface area (Å²) in [4.78, 5) is 17.4. The second-order valence-electron chi connectivity index (χ2n) is 6.55. The van der Waals surface area contributed by atoms with Gasteiger partial charge in [0.15, 0.2) is 5.69 Å². The Morgan fingerprint density at radius 2 is 2.14 bits per heavy atom. The van der Waals surface area contributed by atoms with Crippen LogP contribution in [0.2, 0.25) is 0 Å². The smallest absolute Gasteiger partial charge is 0.276 e. The molecule has 0 spiro atoms. The van der Waals surface area contributed by atoms with E-state index in [2.05, 4.69) is 21.9 Å². The van der Waals surface area contributed by atoms with Crippen molar-refractivity contribution in [3.63, 3.8) is 0 Å². The number of carbonyl (C=O) groups is 1. The third kappa shape index (κ3) is 2.71. The average Bonchev–Trinajstić information content (AvgIpc) is 3.03. The quantitative estimate of drug-likeness (QED) is 0.858. The maximum Gasteiger partial charge on any atom is 0.276 e. The second-order valence-corrected chi connectivity index (χ2v) is 6.55. The first-order valence-corrected chi connectivity index (χ1v) is 8.11. The standard InChI is InChI=1S/C16H25N3O2/c1-4-18-8-7-12-5-6-13(10-18)19(12)16(20)14-9-15(11(2)3)21-17-14/h9,11-13H,4-8,10H2,1-3H3/t12-,13+/m1/s1. The van der Waals surface area contributed by atoms with Gasteiger partial charge in [0.25, 0.3) is 5.91 Å². The molecule has 2 atom stereocenters. The summed E-state index contributed by atoms with van der Waals surface area (Å²) < 4.78 is 5.29. The van der Waals surface area contributed by atoms with E-state index in [1.54, 1.807) is 0 Å². The van der Waals surface area contributed by atoms with Gasteiger partial charge in [-0.15, -0.1) is 0 Å². The van der Waals surface area contributed by atoms with E-state index < -0.39 is 0 Å². The Bertz CT molecular complexity index is 511. The van der Waals surface area contributed by atoms with Gasteiger partial charge in [-0.25, -0.2) is 0 Å². The van der Waals surface area contributed by atoms with E-state index >= 15 is 0 Å². The van der Waals surface area contributed by atoms with Gasteiger partial charge in [0.2, 0.25) is 0 Å². The molecule has 3 heterocycles. The largest absolute Gasteiger partial charge is 0.360 e. The molecule has 2 fully saturated rings. The van der Waals surface area contributed by atoms with Gasteiger partial charge in [0.1, 0.15) is 5.76 Å². The average molecular weight is 291 g/mol. The minimum atomic E-state index is 0.0519. The highest BCUT2D eigenvalue weighted by Gasteiger charge is 2.40. The number of likely N-dealkylation sites (tertiary alicyclic amines) is 1. The first-order chi connectivity index (χ1) is 10.1. The Morgan fingerprint density at radius 3 is 2.81 bits per heavy atom. The Kier molecular flexibility index (Phi) is 4.02. The van der Waals surface area contributed by atoms with Crippen molar-refractivity contribution in [2.24, 2.45) is 0 Å². The fourth-order valence-electron chi connectivity index (χ4n) is 3.56. The molecule has 5 nitrogen and oxygen atoms in total. The summed E-state index contributed by atoms with van der Waals surface area (Å²) in [5, 5.41) is 4.00. The SMILES string of the molecule is CCN1CC[C@H]2CC[C@@H](C1)N2C(=O)c1cc(C(C)C)on1. The Balaban J connectivity index is 1.80. The van der Waals surface area contributed by atoms with E-state index in [0.717, 1.165) is 44.7 Å². The van der Waals surface area contributed by atoms with Crippen molar-refractivity contribution >= 4 is 5.91 Å². The minimum Gasteiger partial charge on any atom is -0.360 e. The van der Waals surface area contributed by atoms with Crippen LogP contribution in [0, 0.1) is 0 Å². The number of carbonyl (C=O) groups excluding carboxylic acids is 1. The van der Waals surface area contributed by atoms with Crippen molar-refractivity contribution in [2.75, 3.05) is 19.6 Å². The molecular formula is C16H25N3O2. The number of nitrogens with zero attached hydrogens (tertiary/aromatic N) is 3. The molecule has 0 aromatic carbocycles. The summed E-state index contributed by atoms with van der Waals surface area (Å²) >= 11 is 0. The molecule has 116 valence electrons. The Hall–Kier alpha value is -1.36. The molecule has 2 bridgehead atoms. The highest BCUT2D eigenvalue weighted by Crippen LogP contribution is 2.31. The molecule has 3 rings (SSSR count). The van der Waals surface area contributed by atoms with Crippen LogP contribution in [-0.2, 0) is 0 Å². The van der Waals surface area contributed by atoms with Crippen LogP contribution in [0.5, 0.6) is 0 Å². The summed E-state index contributed by atoms with van der Waals surface area (Å²) in [5.74, 6) is 1.10. The molecule has 1 aromatic heterocycles. The summed E-state index contributed by atoms with van der Waals surface area (Å²) in [5.41, 5.74) is 0.473. The summed E-state index contributed by atoms with van der Waals surface area (Å²) in [6.45, 7) is 9.43. The zero-order valence-corrected chi connectivity index (χ0v) is 13.2. The van der Waals surface area contributed by atoms with Crippen molar-refractivity contribution in [2.45, 2.75) is 58.0 Å². The van der Waals surface area contributed by atoms with Crippen molar-refractivity contribution in [3.05, 3.63) is 17.5 Å². The lowest BCUT2D eigenvalue weighted by atomic mass is 10.1. The molecule has 0 saturated carbocycles. The van der Waals surface area contributed by atoms with Gasteiger partial charge in [-0.3, -0.25) is 4.79 Å². The molecule has 5 heteroatoms. The molecule has 1 amide bonds. The summed E-state index contributed by atoms with van der Waals surface area (Å²) in [7, 11) is 0. The second kappa shape index (κ2) is 5.79. The number of rotatable bonds is 3. The van der Waals surface area contributed by atoms with E-state index in [4.69, 9.17) is 4.52 Å². The monoisotopic (exact) mass is 291 g/mol. The lowest BCUT2D eigenvalue weighted by Crippen LogP contribution is -2.43. The van der Waals surface area contributed by atoms with Gasteiger partial charge in [-0.05, 0) is 25.8 Å². The van der Waals surface area contributed by atoms with Crippen LogP contribution in [0.4, 0.5) is 0 Å². The van der Waals surface area contributed by atoms with E-state index in [1.165, 1.54) is 0 Å². The zero-order valence-electron chi connectivity index (χ0n) is 13.2. The van der Waals surface area contributed by atoms with Crippen LogP contribution in [-0.4, -0.2) is 52.6 Å². The summed E-state index contributed by atoms with van der Waals surface area (Å²) in [6.07, 6.45) is 3.32. The van der Waals surface area contributed by atoms with Crippen molar-refractivity contribution in [1.82, 2.24) is 15.0 Å². The number of aromatic nitrogens is 1. The highest BCUT2D eigenvalue weighted by atomic mass is 16.5. The molecule has 21 heavy (non-hydrogen) atoms. The fourth-order valence-corrected chi connectivity index (χ4v) is 3.56. The topological polar surface area (TPSA) is 49.6 Å².